The van der Waals surface area contributed by atoms with Crippen molar-refractivity contribution in [3.05, 3.63) is 42.2 Å². The second-order valence-corrected chi connectivity index (χ2v) is 4.74. The highest BCUT2D eigenvalue weighted by Gasteiger charge is 2.46. The summed E-state index contributed by atoms with van der Waals surface area (Å²) in [6, 6.07) is 7.56. The van der Waals surface area contributed by atoms with Crippen LogP contribution in [-0.4, -0.2) is 11.5 Å². The summed E-state index contributed by atoms with van der Waals surface area (Å²) in [5.74, 6) is 0.0891. The minimum absolute atomic E-state index is 0.0547. The lowest BCUT2D eigenvalue weighted by atomic mass is 9.87. The fourth-order valence-electron chi connectivity index (χ4n) is 2.52. The molecule has 1 saturated carbocycles. The largest absolute Gasteiger partial charge is 0.327 e. The standard InChI is InChI=1S/C14H15FN2/c15-14(9-16,11-4-5-11)13-3-1-2-10-8-17-7-6-12(10)13/h1-3,6-8,11H,4-5,9,16H2. The molecule has 1 aliphatic carbocycles. The number of fused-ring (bicyclic) bond motifs is 1. The van der Waals surface area contributed by atoms with Crippen molar-refractivity contribution in [1.82, 2.24) is 4.98 Å². The molecule has 1 aliphatic rings. The van der Waals surface area contributed by atoms with Crippen molar-refractivity contribution in [3.63, 3.8) is 0 Å². The van der Waals surface area contributed by atoms with Gasteiger partial charge in [0, 0.05) is 24.3 Å². The van der Waals surface area contributed by atoms with Gasteiger partial charge in [0.2, 0.25) is 0 Å². The maximum atomic E-state index is 15.0. The fourth-order valence-corrected chi connectivity index (χ4v) is 2.52. The number of nitrogens with zero attached hydrogens (tertiary/aromatic N) is 1. The average Bonchev–Trinajstić information content (AvgIpc) is 3.22. The monoisotopic (exact) mass is 230 g/mol. The van der Waals surface area contributed by atoms with E-state index in [4.69, 9.17) is 5.73 Å². The highest BCUT2D eigenvalue weighted by Crippen LogP contribution is 2.49. The van der Waals surface area contributed by atoms with Crippen LogP contribution in [0.25, 0.3) is 10.8 Å². The lowest BCUT2D eigenvalue weighted by Gasteiger charge is -2.25. The van der Waals surface area contributed by atoms with E-state index in [1.807, 2.05) is 24.3 Å². The average molecular weight is 230 g/mol. The van der Waals surface area contributed by atoms with Gasteiger partial charge in [-0.3, -0.25) is 4.98 Å². The molecule has 0 saturated heterocycles. The molecule has 88 valence electrons. The van der Waals surface area contributed by atoms with Crippen LogP contribution in [0.3, 0.4) is 0 Å². The fraction of sp³-hybridized carbons (Fsp3) is 0.357. The van der Waals surface area contributed by atoms with Crippen LogP contribution in [0, 0.1) is 5.92 Å². The van der Waals surface area contributed by atoms with Gasteiger partial charge in [0.15, 0.2) is 5.67 Å². The molecule has 1 aromatic heterocycles. The van der Waals surface area contributed by atoms with E-state index in [1.54, 1.807) is 12.4 Å². The molecule has 2 N–H and O–H groups in total. The molecular formula is C14H15FN2. The van der Waals surface area contributed by atoms with E-state index in [9.17, 15) is 0 Å². The lowest BCUT2D eigenvalue weighted by molar-refractivity contribution is 0.145. The normalized spacial score (nSPS) is 19.2. The summed E-state index contributed by atoms with van der Waals surface area (Å²) in [5, 5.41) is 1.91. The quantitative estimate of drug-likeness (QED) is 0.880. The van der Waals surface area contributed by atoms with Gasteiger partial charge in [-0.25, -0.2) is 4.39 Å². The van der Waals surface area contributed by atoms with Gasteiger partial charge in [-0.1, -0.05) is 18.2 Å². The van der Waals surface area contributed by atoms with E-state index >= 15 is 4.39 Å². The predicted octanol–water partition coefficient (Wildman–Crippen LogP) is 2.77. The second-order valence-electron chi connectivity index (χ2n) is 4.74. The Kier molecular flexibility index (Phi) is 2.37. The van der Waals surface area contributed by atoms with Crippen LogP contribution in [0.5, 0.6) is 0 Å². The summed E-state index contributed by atoms with van der Waals surface area (Å²) in [5.41, 5.74) is 5.03. The molecule has 0 spiro atoms. The van der Waals surface area contributed by atoms with Crippen LogP contribution in [-0.2, 0) is 5.67 Å². The van der Waals surface area contributed by atoms with E-state index < -0.39 is 5.67 Å². The smallest absolute Gasteiger partial charge is 0.151 e. The third-order valence-corrected chi connectivity index (χ3v) is 3.65. The first kappa shape index (κ1) is 10.7. The van der Waals surface area contributed by atoms with Crippen molar-refractivity contribution in [2.24, 2.45) is 11.7 Å². The second kappa shape index (κ2) is 3.77. The Morgan fingerprint density at radius 2 is 2.18 bits per heavy atom. The van der Waals surface area contributed by atoms with Crippen LogP contribution in [0.1, 0.15) is 18.4 Å². The number of nitrogens with two attached hydrogens (primary N) is 1. The molecule has 2 aromatic rings. The number of halogens is 1. The zero-order valence-electron chi connectivity index (χ0n) is 9.57. The first-order valence-corrected chi connectivity index (χ1v) is 5.98. The Hall–Kier alpha value is -1.48. The molecule has 1 unspecified atom stereocenters. The molecule has 0 radical (unpaired) electrons. The van der Waals surface area contributed by atoms with Crippen molar-refractivity contribution < 1.29 is 4.39 Å². The van der Waals surface area contributed by atoms with Crippen molar-refractivity contribution in [2.75, 3.05) is 6.54 Å². The van der Waals surface area contributed by atoms with Gasteiger partial charge < -0.3 is 5.73 Å². The molecule has 17 heavy (non-hydrogen) atoms. The van der Waals surface area contributed by atoms with Crippen LogP contribution in [0.2, 0.25) is 0 Å². The van der Waals surface area contributed by atoms with E-state index in [0.29, 0.717) is 0 Å². The van der Waals surface area contributed by atoms with Gasteiger partial charge in [-0.05, 0) is 35.8 Å². The Morgan fingerprint density at radius 1 is 1.35 bits per heavy atom. The number of hydrogen-bond donors (Lipinski definition) is 1. The van der Waals surface area contributed by atoms with Gasteiger partial charge in [0.25, 0.3) is 0 Å². The number of pyridine rings is 1. The third-order valence-electron chi connectivity index (χ3n) is 3.65. The molecule has 2 nitrogen and oxygen atoms in total. The number of alkyl halides is 1. The van der Waals surface area contributed by atoms with E-state index in [1.165, 1.54) is 0 Å². The van der Waals surface area contributed by atoms with Crippen LogP contribution in [0.15, 0.2) is 36.7 Å². The molecule has 1 heterocycles. The van der Waals surface area contributed by atoms with Crippen molar-refractivity contribution in [3.8, 4) is 0 Å². The molecule has 3 heteroatoms. The topological polar surface area (TPSA) is 38.9 Å². The number of aromatic nitrogens is 1. The predicted molar refractivity (Wildman–Crippen MR) is 66.3 cm³/mol. The van der Waals surface area contributed by atoms with Gasteiger partial charge in [0.05, 0.1) is 0 Å². The molecule has 1 fully saturated rings. The van der Waals surface area contributed by atoms with Crippen LogP contribution < -0.4 is 5.73 Å². The molecule has 0 amide bonds. The highest BCUT2D eigenvalue weighted by molar-refractivity contribution is 5.85. The summed E-state index contributed by atoms with van der Waals surface area (Å²) in [4.78, 5) is 4.07. The summed E-state index contributed by atoms with van der Waals surface area (Å²) in [7, 11) is 0. The Balaban J connectivity index is 2.22. The van der Waals surface area contributed by atoms with E-state index in [-0.39, 0.29) is 12.5 Å². The molecular weight excluding hydrogens is 215 g/mol. The van der Waals surface area contributed by atoms with Gasteiger partial charge in [-0.15, -0.1) is 0 Å². The van der Waals surface area contributed by atoms with Crippen LogP contribution in [0.4, 0.5) is 4.39 Å². The Bertz CT molecular complexity index is 545. The summed E-state index contributed by atoms with van der Waals surface area (Å²) < 4.78 is 15.0. The maximum Gasteiger partial charge on any atom is 0.151 e. The van der Waals surface area contributed by atoms with Crippen molar-refractivity contribution in [1.29, 1.82) is 0 Å². The minimum Gasteiger partial charge on any atom is -0.327 e. The highest BCUT2D eigenvalue weighted by atomic mass is 19.1. The van der Waals surface area contributed by atoms with E-state index in [0.717, 1.165) is 29.2 Å². The third kappa shape index (κ3) is 1.62. The molecule has 1 aromatic carbocycles. The minimum atomic E-state index is -1.37. The molecule has 1 atom stereocenters. The summed E-state index contributed by atoms with van der Waals surface area (Å²) in [6.07, 6.45) is 5.35. The lowest BCUT2D eigenvalue weighted by Crippen LogP contribution is -2.32. The maximum absolute atomic E-state index is 15.0. The first-order valence-electron chi connectivity index (χ1n) is 5.98. The van der Waals surface area contributed by atoms with E-state index in [2.05, 4.69) is 4.98 Å². The summed E-state index contributed by atoms with van der Waals surface area (Å²) in [6.45, 7) is 0.0547. The van der Waals surface area contributed by atoms with Crippen molar-refractivity contribution >= 4 is 10.8 Å². The Morgan fingerprint density at radius 3 is 2.88 bits per heavy atom. The van der Waals surface area contributed by atoms with Gasteiger partial charge in [0.1, 0.15) is 0 Å². The zero-order chi connectivity index (χ0) is 11.9. The SMILES string of the molecule is NCC(F)(c1cccc2cnccc12)C1CC1. The Labute approximate surface area is 99.7 Å². The van der Waals surface area contributed by atoms with Gasteiger partial charge >= 0.3 is 0 Å². The first-order chi connectivity index (χ1) is 8.25. The number of hydrogen-bond acceptors (Lipinski definition) is 2. The van der Waals surface area contributed by atoms with Crippen molar-refractivity contribution in [2.45, 2.75) is 18.5 Å². The number of rotatable bonds is 3. The van der Waals surface area contributed by atoms with Gasteiger partial charge in [-0.2, -0.15) is 0 Å². The molecule has 0 aliphatic heterocycles. The zero-order valence-corrected chi connectivity index (χ0v) is 9.57. The molecule has 0 bridgehead atoms. The number of benzene rings is 1. The van der Waals surface area contributed by atoms with Crippen LogP contribution >= 0.6 is 0 Å². The molecule has 3 rings (SSSR count). The summed E-state index contributed by atoms with van der Waals surface area (Å²) >= 11 is 0.